The van der Waals surface area contributed by atoms with Crippen molar-refractivity contribution in [3.8, 4) is 0 Å². The van der Waals surface area contributed by atoms with Gasteiger partial charge < -0.3 is 0 Å². The van der Waals surface area contributed by atoms with E-state index in [2.05, 4.69) is 25.3 Å². The van der Waals surface area contributed by atoms with Gasteiger partial charge in [-0.25, -0.2) is 0 Å². The van der Waals surface area contributed by atoms with E-state index in [9.17, 15) is 0 Å². The van der Waals surface area contributed by atoms with Crippen molar-refractivity contribution in [2.45, 2.75) is 13.8 Å². The smallest absolute Gasteiger partial charge is 0.0126 e. The zero-order valence-electron chi connectivity index (χ0n) is 3.89. The molecular formula is C4H8S2. The van der Waals surface area contributed by atoms with E-state index in [1.165, 1.54) is 0 Å². The van der Waals surface area contributed by atoms with Gasteiger partial charge in [0, 0.05) is 0 Å². The molecule has 6 heavy (non-hydrogen) atoms. The molecule has 0 saturated carbocycles. The van der Waals surface area contributed by atoms with Gasteiger partial charge in [0.1, 0.15) is 0 Å². The number of rotatable bonds is 0. The quantitative estimate of drug-likeness (QED) is 0.449. The lowest BCUT2D eigenvalue weighted by molar-refractivity contribution is 1.57. The Bertz CT molecular complexity index is 55.6. The van der Waals surface area contributed by atoms with Crippen molar-refractivity contribution < 1.29 is 0 Å². The zero-order chi connectivity index (χ0) is 5.15. The number of thiol groups is 2. The highest BCUT2D eigenvalue weighted by Crippen LogP contribution is 2.08. The van der Waals surface area contributed by atoms with E-state index in [1.807, 2.05) is 13.8 Å². The minimum atomic E-state index is 0.985. The summed E-state index contributed by atoms with van der Waals surface area (Å²) in [6, 6.07) is 0. The lowest BCUT2D eigenvalue weighted by Gasteiger charge is -1.85. The molecule has 0 unspecified atom stereocenters. The first kappa shape index (κ1) is 6.44. The molecule has 0 aromatic heterocycles. The monoisotopic (exact) mass is 120 g/mol. The van der Waals surface area contributed by atoms with Crippen molar-refractivity contribution in [2.75, 3.05) is 0 Å². The molecular weight excluding hydrogens is 112 g/mol. The van der Waals surface area contributed by atoms with Gasteiger partial charge in [0.05, 0.1) is 0 Å². The van der Waals surface area contributed by atoms with Crippen molar-refractivity contribution in [2.24, 2.45) is 0 Å². The van der Waals surface area contributed by atoms with Gasteiger partial charge in [-0.05, 0) is 23.7 Å². The summed E-state index contributed by atoms with van der Waals surface area (Å²) in [5.41, 5.74) is 0. The highest BCUT2D eigenvalue weighted by molar-refractivity contribution is 7.88. The Morgan fingerprint density at radius 1 is 1.00 bits per heavy atom. The maximum atomic E-state index is 4.00. The molecule has 0 aliphatic heterocycles. The highest BCUT2D eigenvalue weighted by atomic mass is 32.1. The van der Waals surface area contributed by atoms with E-state index >= 15 is 0 Å². The summed E-state index contributed by atoms with van der Waals surface area (Å²) < 4.78 is 0. The second-order valence-corrected chi connectivity index (χ2v) is 2.51. The lowest BCUT2D eigenvalue weighted by atomic mass is 10.6. The third kappa shape index (κ3) is 2.67. The Balaban J connectivity index is 3.68. The van der Waals surface area contributed by atoms with E-state index in [0.717, 1.165) is 9.81 Å². The van der Waals surface area contributed by atoms with Crippen LogP contribution in [0.4, 0.5) is 0 Å². The molecule has 0 bridgehead atoms. The molecule has 2 heteroatoms. The third-order valence-electron chi connectivity index (χ3n) is 0.524. The molecule has 0 fully saturated rings. The second kappa shape index (κ2) is 2.59. The summed E-state index contributed by atoms with van der Waals surface area (Å²) >= 11 is 7.99. The summed E-state index contributed by atoms with van der Waals surface area (Å²) in [7, 11) is 0. The first-order valence-corrected chi connectivity index (χ1v) is 2.59. The van der Waals surface area contributed by atoms with E-state index in [1.54, 1.807) is 0 Å². The van der Waals surface area contributed by atoms with Gasteiger partial charge in [0.25, 0.3) is 0 Å². The molecule has 0 spiro atoms. The summed E-state index contributed by atoms with van der Waals surface area (Å²) in [6.45, 7) is 3.82. The molecule has 0 saturated heterocycles. The Labute approximate surface area is 49.5 Å². The fraction of sp³-hybridized carbons (Fsp3) is 0.500. The molecule has 0 aliphatic rings. The largest absolute Gasteiger partial charge is 0.147 e. The van der Waals surface area contributed by atoms with Crippen molar-refractivity contribution in [3.05, 3.63) is 9.81 Å². The van der Waals surface area contributed by atoms with Crippen molar-refractivity contribution >= 4 is 25.3 Å². The van der Waals surface area contributed by atoms with Gasteiger partial charge in [0.15, 0.2) is 0 Å². The fourth-order valence-electron chi connectivity index (χ4n) is 0. The van der Waals surface area contributed by atoms with Crippen molar-refractivity contribution in [1.29, 1.82) is 0 Å². The van der Waals surface area contributed by atoms with Crippen LogP contribution in [0.2, 0.25) is 0 Å². The number of allylic oxidation sites excluding steroid dienone is 2. The van der Waals surface area contributed by atoms with Crippen LogP contribution >= 0.6 is 25.3 Å². The minimum Gasteiger partial charge on any atom is -0.147 e. The Morgan fingerprint density at radius 2 is 1.17 bits per heavy atom. The molecule has 0 rings (SSSR count). The van der Waals surface area contributed by atoms with Crippen LogP contribution in [0.3, 0.4) is 0 Å². The van der Waals surface area contributed by atoms with Gasteiger partial charge in [-0.15, -0.1) is 25.3 Å². The molecule has 0 aliphatic carbocycles. The summed E-state index contributed by atoms with van der Waals surface area (Å²) in [4.78, 5) is 1.97. The summed E-state index contributed by atoms with van der Waals surface area (Å²) in [5.74, 6) is 0. The summed E-state index contributed by atoms with van der Waals surface area (Å²) in [6.07, 6.45) is 0. The van der Waals surface area contributed by atoms with Crippen LogP contribution in [0.15, 0.2) is 9.81 Å². The lowest BCUT2D eigenvalue weighted by Crippen LogP contribution is -1.58. The van der Waals surface area contributed by atoms with E-state index in [4.69, 9.17) is 0 Å². The molecule has 0 heterocycles. The highest BCUT2D eigenvalue weighted by Gasteiger charge is 1.77. The molecule has 0 amide bonds. The van der Waals surface area contributed by atoms with Gasteiger partial charge >= 0.3 is 0 Å². The number of hydrogen-bond donors (Lipinski definition) is 2. The van der Waals surface area contributed by atoms with E-state index in [0.29, 0.717) is 0 Å². The predicted molar refractivity (Wildman–Crippen MR) is 36.3 cm³/mol. The average molecular weight is 120 g/mol. The average Bonchev–Trinajstić information content (AvgIpc) is 1.36. The molecule has 0 aromatic carbocycles. The van der Waals surface area contributed by atoms with Crippen LogP contribution in [-0.2, 0) is 0 Å². The molecule has 0 atom stereocenters. The van der Waals surface area contributed by atoms with Crippen molar-refractivity contribution in [3.63, 3.8) is 0 Å². The standard InChI is InChI=1S/C4H8S2/c1-3(5)4(2)6/h5-6H,1-2H3/b4-3-. The van der Waals surface area contributed by atoms with Gasteiger partial charge in [0.2, 0.25) is 0 Å². The maximum Gasteiger partial charge on any atom is -0.0126 e. The molecule has 0 aromatic rings. The molecule has 0 N–H and O–H groups in total. The van der Waals surface area contributed by atoms with Crippen LogP contribution in [0.1, 0.15) is 13.8 Å². The summed E-state index contributed by atoms with van der Waals surface area (Å²) in [5, 5.41) is 0. The predicted octanol–water partition coefficient (Wildman–Crippen LogP) is 2.10. The molecule has 0 nitrogen and oxygen atoms in total. The van der Waals surface area contributed by atoms with Gasteiger partial charge in [-0.1, -0.05) is 0 Å². The Hall–Kier alpha value is 0.440. The maximum absolute atomic E-state index is 4.00. The third-order valence-corrected chi connectivity index (χ3v) is 1.37. The topological polar surface area (TPSA) is 0 Å². The first-order chi connectivity index (χ1) is 2.64. The minimum absolute atomic E-state index is 0.985. The van der Waals surface area contributed by atoms with E-state index < -0.39 is 0 Å². The Morgan fingerprint density at radius 3 is 1.17 bits per heavy atom. The first-order valence-electron chi connectivity index (χ1n) is 1.70. The van der Waals surface area contributed by atoms with Crippen LogP contribution in [0.5, 0.6) is 0 Å². The van der Waals surface area contributed by atoms with Crippen LogP contribution in [0.25, 0.3) is 0 Å². The van der Waals surface area contributed by atoms with Crippen LogP contribution in [0, 0.1) is 0 Å². The SMILES string of the molecule is C/C(S)=C(\C)S. The second-order valence-electron chi connectivity index (χ2n) is 1.17. The van der Waals surface area contributed by atoms with E-state index in [-0.39, 0.29) is 0 Å². The van der Waals surface area contributed by atoms with Gasteiger partial charge in [-0.3, -0.25) is 0 Å². The fourth-order valence-corrected chi connectivity index (χ4v) is 0. The Kier molecular flexibility index (Phi) is 2.78. The zero-order valence-corrected chi connectivity index (χ0v) is 5.68. The van der Waals surface area contributed by atoms with Crippen LogP contribution in [-0.4, -0.2) is 0 Å². The normalized spacial score (nSPS) is 14.0. The van der Waals surface area contributed by atoms with Crippen LogP contribution < -0.4 is 0 Å². The van der Waals surface area contributed by atoms with Crippen molar-refractivity contribution in [1.82, 2.24) is 0 Å². The number of hydrogen-bond acceptors (Lipinski definition) is 2. The molecule has 36 valence electrons. The molecule has 0 radical (unpaired) electrons. The van der Waals surface area contributed by atoms with Gasteiger partial charge in [-0.2, -0.15) is 0 Å².